The summed E-state index contributed by atoms with van der Waals surface area (Å²) < 4.78 is 0. The van der Waals surface area contributed by atoms with Crippen LogP contribution in [0.1, 0.15) is 25.3 Å². The van der Waals surface area contributed by atoms with Crippen LogP contribution in [0.15, 0.2) is 30.3 Å². The highest BCUT2D eigenvalue weighted by Gasteiger charge is 2.10. The van der Waals surface area contributed by atoms with Crippen LogP contribution >= 0.6 is 0 Å². The van der Waals surface area contributed by atoms with Crippen molar-refractivity contribution in [3.63, 3.8) is 0 Å². The maximum Gasteiger partial charge on any atom is 0.104 e. The molecule has 0 aliphatic heterocycles. The molecule has 0 amide bonds. The molecule has 0 saturated heterocycles. The average molecular weight is 231 g/mol. The Morgan fingerprint density at radius 2 is 2.00 bits per heavy atom. The summed E-state index contributed by atoms with van der Waals surface area (Å²) in [5.74, 6) is 5.88. The summed E-state index contributed by atoms with van der Waals surface area (Å²) in [6, 6.07) is 10.6. The molecule has 0 fully saturated rings. The van der Waals surface area contributed by atoms with Crippen LogP contribution in [0.4, 0.5) is 0 Å². The lowest BCUT2D eigenvalue weighted by Gasteiger charge is -2.23. The van der Waals surface area contributed by atoms with Crippen molar-refractivity contribution in [3.05, 3.63) is 35.9 Å². The van der Waals surface area contributed by atoms with E-state index >= 15 is 0 Å². The number of aliphatic hydroxyl groups excluding tert-OH is 1. The predicted molar refractivity (Wildman–Crippen MR) is 71.5 cm³/mol. The average Bonchev–Trinajstić information content (AvgIpc) is 2.35. The lowest BCUT2D eigenvalue weighted by atomic mass is 10.1. The van der Waals surface area contributed by atoms with Gasteiger partial charge in [0.2, 0.25) is 0 Å². The molecule has 0 aromatic heterocycles. The minimum absolute atomic E-state index is 0.0562. The quantitative estimate of drug-likeness (QED) is 0.786. The molecule has 0 aliphatic carbocycles. The zero-order valence-electron chi connectivity index (χ0n) is 10.7. The highest BCUT2D eigenvalue weighted by Crippen LogP contribution is 2.09. The van der Waals surface area contributed by atoms with Gasteiger partial charge in [0.25, 0.3) is 0 Å². The molecule has 1 unspecified atom stereocenters. The molecule has 1 aromatic rings. The summed E-state index contributed by atoms with van der Waals surface area (Å²) in [6.45, 7) is 3.00. The monoisotopic (exact) mass is 231 g/mol. The van der Waals surface area contributed by atoms with Crippen LogP contribution in [-0.4, -0.2) is 29.7 Å². The highest BCUT2D eigenvalue weighted by molar-refractivity contribution is 5.16. The van der Waals surface area contributed by atoms with E-state index in [2.05, 4.69) is 55.0 Å². The molecular weight excluding hydrogens is 210 g/mol. The van der Waals surface area contributed by atoms with Gasteiger partial charge in [-0.05, 0) is 19.0 Å². The smallest absolute Gasteiger partial charge is 0.104 e. The van der Waals surface area contributed by atoms with Gasteiger partial charge >= 0.3 is 0 Å². The summed E-state index contributed by atoms with van der Waals surface area (Å²) in [4.78, 5) is 2.24. The van der Waals surface area contributed by atoms with Gasteiger partial charge in [0.05, 0.1) is 6.04 Å². The second kappa shape index (κ2) is 7.89. The molecule has 0 bridgehead atoms. The van der Waals surface area contributed by atoms with Crippen LogP contribution in [0.25, 0.3) is 0 Å². The van der Waals surface area contributed by atoms with Gasteiger partial charge in [0.1, 0.15) is 6.61 Å². The minimum atomic E-state index is -0.0562. The zero-order chi connectivity index (χ0) is 12.5. The Kier molecular flexibility index (Phi) is 6.39. The van der Waals surface area contributed by atoms with Crippen molar-refractivity contribution in [1.29, 1.82) is 0 Å². The molecule has 1 N–H and O–H groups in total. The van der Waals surface area contributed by atoms with Gasteiger partial charge in [0, 0.05) is 6.54 Å². The highest BCUT2D eigenvalue weighted by atomic mass is 16.2. The molecule has 92 valence electrons. The number of hydrogen-bond acceptors (Lipinski definition) is 2. The van der Waals surface area contributed by atoms with Crippen LogP contribution in [-0.2, 0) is 6.54 Å². The van der Waals surface area contributed by atoms with E-state index in [0.717, 1.165) is 19.4 Å². The molecule has 2 heteroatoms. The van der Waals surface area contributed by atoms with Crippen LogP contribution in [0.2, 0.25) is 0 Å². The largest absolute Gasteiger partial charge is 0.384 e. The summed E-state index contributed by atoms with van der Waals surface area (Å²) in [7, 11) is 2.08. The predicted octanol–water partition coefficient (Wildman–Crippen LogP) is 2.28. The van der Waals surface area contributed by atoms with Crippen LogP contribution in [0.3, 0.4) is 0 Å². The Hall–Kier alpha value is -1.30. The van der Waals surface area contributed by atoms with Crippen molar-refractivity contribution in [2.24, 2.45) is 0 Å². The van der Waals surface area contributed by atoms with E-state index in [4.69, 9.17) is 5.11 Å². The molecule has 1 rings (SSSR count). The van der Waals surface area contributed by atoms with Crippen LogP contribution < -0.4 is 0 Å². The van der Waals surface area contributed by atoms with Gasteiger partial charge in [-0.2, -0.15) is 0 Å². The minimum Gasteiger partial charge on any atom is -0.384 e. The molecule has 2 nitrogen and oxygen atoms in total. The van der Waals surface area contributed by atoms with Gasteiger partial charge < -0.3 is 5.11 Å². The first-order valence-corrected chi connectivity index (χ1v) is 6.11. The fourth-order valence-electron chi connectivity index (χ4n) is 1.82. The van der Waals surface area contributed by atoms with E-state index in [1.807, 2.05) is 6.07 Å². The SMILES string of the molecule is CCCC(C#CCO)N(C)Cc1ccccc1. The summed E-state index contributed by atoms with van der Waals surface area (Å²) >= 11 is 0. The third kappa shape index (κ3) is 5.04. The third-order valence-electron chi connectivity index (χ3n) is 2.72. The zero-order valence-corrected chi connectivity index (χ0v) is 10.7. The van der Waals surface area contributed by atoms with Crippen molar-refractivity contribution in [2.75, 3.05) is 13.7 Å². The normalized spacial score (nSPS) is 12.0. The van der Waals surface area contributed by atoms with Crippen molar-refractivity contribution in [1.82, 2.24) is 4.90 Å². The molecule has 0 spiro atoms. The second-order valence-corrected chi connectivity index (χ2v) is 4.18. The fraction of sp³-hybridized carbons (Fsp3) is 0.467. The number of rotatable bonds is 5. The third-order valence-corrected chi connectivity index (χ3v) is 2.72. The Bertz CT molecular complexity index is 364. The van der Waals surface area contributed by atoms with E-state index < -0.39 is 0 Å². The number of hydrogen-bond donors (Lipinski definition) is 1. The summed E-state index contributed by atoms with van der Waals surface area (Å²) in [6.07, 6.45) is 2.14. The van der Waals surface area contributed by atoms with Crippen molar-refractivity contribution < 1.29 is 5.11 Å². The number of benzene rings is 1. The Labute approximate surface area is 104 Å². The maximum atomic E-state index is 8.76. The van der Waals surface area contributed by atoms with Gasteiger partial charge in [-0.15, -0.1) is 0 Å². The number of aliphatic hydroxyl groups is 1. The molecule has 1 atom stereocenters. The van der Waals surface area contributed by atoms with Gasteiger partial charge in [-0.1, -0.05) is 55.5 Å². The summed E-state index contributed by atoms with van der Waals surface area (Å²) in [5, 5.41) is 8.76. The molecule has 0 heterocycles. The Morgan fingerprint density at radius 3 is 2.59 bits per heavy atom. The van der Waals surface area contributed by atoms with E-state index in [9.17, 15) is 0 Å². The molecule has 17 heavy (non-hydrogen) atoms. The molecule has 0 saturated carbocycles. The molecular formula is C15H21NO. The van der Waals surface area contributed by atoms with Crippen molar-refractivity contribution in [3.8, 4) is 11.8 Å². The second-order valence-electron chi connectivity index (χ2n) is 4.18. The first-order chi connectivity index (χ1) is 8.27. The van der Waals surface area contributed by atoms with Crippen molar-refractivity contribution >= 4 is 0 Å². The molecule has 0 aliphatic rings. The standard InChI is InChI=1S/C15H21NO/c1-3-8-15(11-7-12-17)16(2)13-14-9-5-4-6-10-14/h4-6,9-10,15,17H,3,8,12-13H2,1-2H3. The Morgan fingerprint density at radius 1 is 1.29 bits per heavy atom. The molecule has 0 radical (unpaired) electrons. The van der Waals surface area contributed by atoms with E-state index in [1.165, 1.54) is 5.56 Å². The maximum absolute atomic E-state index is 8.76. The van der Waals surface area contributed by atoms with E-state index in [1.54, 1.807) is 0 Å². The van der Waals surface area contributed by atoms with Gasteiger partial charge in [0.15, 0.2) is 0 Å². The topological polar surface area (TPSA) is 23.5 Å². The number of nitrogens with zero attached hydrogens (tertiary/aromatic N) is 1. The van der Waals surface area contributed by atoms with Gasteiger partial charge in [-0.25, -0.2) is 0 Å². The first-order valence-electron chi connectivity index (χ1n) is 6.11. The fourth-order valence-corrected chi connectivity index (χ4v) is 1.82. The lowest BCUT2D eigenvalue weighted by molar-refractivity contribution is 0.268. The summed E-state index contributed by atoms with van der Waals surface area (Å²) in [5.41, 5.74) is 1.29. The van der Waals surface area contributed by atoms with E-state index in [-0.39, 0.29) is 12.6 Å². The Balaban J connectivity index is 2.61. The van der Waals surface area contributed by atoms with E-state index in [0.29, 0.717) is 0 Å². The lowest BCUT2D eigenvalue weighted by Crippen LogP contribution is -2.30. The first kappa shape index (κ1) is 13.8. The van der Waals surface area contributed by atoms with Crippen LogP contribution in [0, 0.1) is 11.8 Å². The van der Waals surface area contributed by atoms with Gasteiger partial charge in [-0.3, -0.25) is 4.90 Å². The molecule has 1 aromatic carbocycles. The van der Waals surface area contributed by atoms with Crippen LogP contribution in [0.5, 0.6) is 0 Å². The van der Waals surface area contributed by atoms with Crippen molar-refractivity contribution in [2.45, 2.75) is 32.4 Å².